The van der Waals surface area contributed by atoms with Crippen molar-refractivity contribution < 1.29 is 44.6 Å². The molecule has 0 radical (unpaired) electrons. The zero-order valence-corrected chi connectivity index (χ0v) is 11.7. The number of hydrogen-bond donors (Lipinski definition) is 1. The smallest absolute Gasteiger partial charge is 0.387 e. The molecular weight excluding hydrogens is 399 g/mol. The van der Waals surface area contributed by atoms with E-state index < -0.39 is 35.6 Å². The maximum atomic E-state index is 12.8. The molecule has 0 aliphatic carbocycles. The van der Waals surface area contributed by atoms with Gasteiger partial charge >= 0.3 is 18.5 Å². The van der Waals surface area contributed by atoms with Crippen LogP contribution in [0.5, 0.6) is 0 Å². The Labute approximate surface area is 125 Å². The van der Waals surface area contributed by atoms with Gasteiger partial charge in [-0.25, -0.2) is 0 Å². The van der Waals surface area contributed by atoms with Crippen LogP contribution >= 0.6 is 15.9 Å². The molecule has 0 heterocycles. The SMILES string of the molecule is OC(c1cccc(Br)c1)C(C(F)(F)F)(C(F)(F)F)C(F)(F)F. The van der Waals surface area contributed by atoms with Crippen LogP contribution in [0.2, 0.25) is 0 Å². The summed E-state index contributed by atoms with van der Waals surface area (Å²) in [7, 11) is 0. The van der Waals surface area contributed by atoms with E-state index in [0.717, 1.165) is 12.1 Å². The number of benzene rings is 1. The van der Waals surface area contributed by atoms with E-state index in [-0.39, 0.29) is 4.47 Å². The lowest BCUT2D eigenvalue weighted by molar-refractivity contribution is -0.449. The first-order chi connectivity index (χ1) is 9.66. The van der Waals surface area contributed by atoms with Gasteiger partial charge in [0.25, 0.3) is 5.41 Å². The summed E-state index contributed by atoms with van der Waals surface area (Å²) in [5.74, 6) is 0. The Bertz CT molecular complexity index is 496. The molecule has 11 heteroatoms. The maximum absolute atomic E-state index is 12.8. The van der Waals surface area contributed by atoms with Crippen molar-refractivity contribution in [2.24, 2.45) is 5.41 Å². The Kier molecular flexibility index (Phi) is 4.85. The van der Waals surface area contributed by atoms with Crippen LogP contribution in [0.15, 0.2) is 28.7 Å². The van der Waals surface area contributed by atoms with Crippen LogP contribution in [0.25, 0.3) is 0 Å². The molecule has 1 atom stereocenters. The fourth-order valence-corrected chi connectivity index (χ4v) is 2.29. The molecule has 0 amide bonds. The monoisotopic (exact) mass is 404 g/mol. The summed E-state index contributed by atoms with van der Waals surface area (Å²) in [4.78, 5) is 0. The number of rotatable bonds is 2. The molecule has 0 spiro atoms. The molecule has 0 saturated carbocycles. The number of halogens is 10. The second-order valence-electron chi connectivity index (χ2n) is 4.26. The topological polar surface area (TPSA) is 20.2 Å². The lowest BCUT2D eigenvalue weighted by Gasteiger charge is -2.41. The summed E-state index contributed by atoms with van der Waals surface area (Å²) < 4.78 is 115. The average molecular weight is 405 g/mol. The molecule has 0 aromatic heterocycles. The summed E-state index contributed by atoms with van der Waals surface area (Å²) in [5.41, 5.74) is -7.48. The van der Waals surface area contributed by atoms with Gasteiger partial charge < -0.3 is 5.11 Å². The Morgan fingerprint density at radius 1 is 0.818 bits per heavy atom. The van der Waals surface area contributed by atoms with E-state index in [0.29, 0.717) is 12.1 Å². The minimum atomic E-state index is -6.81. The lowest BCUT2D eigenvalue weighted by Crippen LogP contribution is -2.62. The summed E-state index contributed by atoms with van der Waals surface area (Å²) >= 11 is 2.69. The molecular formula is C11H6BrF9O. The van der Waals surface area contributed by atoms with Crippen molar-refractivity contribution in [3.63, 3.8) is 0 Å². The molecule has 0 saturated heterocycles. The molecule has 1 nitrogen and oxygen atoms in total. The molecule has 1 aromatic carbocycles. The van der Waals surface area contributed by atoms with Crippen molar-refractivity contribution in [2.75, 3.05) is 0 Å². The van der Waals surface area contributed by atoms with E-state index in [1.165, 1.54) is 0 Å². The first-order valence-electron chi connectivity index (χ1n) is 5.30. The molecule has 126 valence electrons. The molecule has 0 aliphatic rings. The molecule has 1 rings (SSSR count). The van der Waals surface area contributed by atoms with Crippen molar-refractivity contribution in [3.05, 3.63) is 34.3 Å². The maximum Gasteiger partial charge on any atom is 0.415 e. The third kappa shape index (κ3) is 2.92. The van der Waals surface area contributed by atoms with E-state index in [2.05, 4.69) is 15.9 Å². The summed E-state index contributed by atoms with van der Waals surface area (Å²) in [6.07, 6.45) is -24.4. The van der Waals surface area contributed by atoms with E-state index in [1.807, 2.05) is 0 Å². The predicted octanol–water partition coefficient (Wildman–Crippen LogP) is 5.16. The van der Waals surface area contributed by atoms with Gasteiger partial charge in [-0.15, -0.1) is 0 Å². The Morgan fingerprint density at radius 3 is 1.55 bits per heavy atom. The van der Waals surface area contributed by atoms with Crippen LogP contribution in [-0.2, 0) is 0 Å². The number of hydrogen-bond acceptors (Lipinski definition) is 1. The molecule has 0 fully saturated rings. The van der Waals surface area contributed by atoms with Crippen LogP contribution < -0.4 is 0 Å². The fraction of sp³-hybridized carbons (Fsp3) is 0.455. The Morgan fingerprint density at radius 2 is 1.23 bits per heavy atom. The van der Waals surface area contributed by atoms with Crippen molar-refractivity contribution in [1.29, 1.82) is 0 Å². The van der Waals surface area contributed by atoms with Crippen LogP contribution in [-0.4, -0.2) is 23.6 Å². The Balaban J connectivity index is 3.71. The van der Waals surface area contributed by atoms with Crippen molar-refractivity contribution in [2.45, 2.75) is 24.6 Å². The van der Waals surface area contributed by atoms with Gasteiger partial charge in [0.15, 0.2) is 0 Å². The second kappa shape index (κ2) is 5.59. The highest BCUT2D eigenvalue weighted by molar-refractivity contribution is 9.10. The Hall–Kier alpha value is -0.970. The zero-order valence-electron chi connectivity index (χ0n) is 10.1. The average Bonchev–Trinajstić information content (AvgIpc) is 2.23. The van der Waals surface area contributed by atoms with Gasteiger partial charge in [0.05, 0.1) is 0 Å². The largest absolute Gasteiger partial charge is 0.415 e. The summed E-state index contributed by atoms with van der Waals surface area (Å²) in [6.45, 7) is 0. The standard InChI is InChI=1S/C11H6BrF9O/c12-6-3-1-2-5(4-6)7(22)8(9(13,14)15,10(16,17)18)11(19,20)21/h1-4,7,22H. The number of aliphatic hydroxyl groups is 1. The molecule has 22 heavy (non-hydrogen) atoms. The minimum absolute atomic E-state index is 0.0931. The van der Waals surface area contributed by atoms with Crippen LogP contribution in [0.1, 0.15) is 11.7 Å². The normalized spacial score (nSPS) is 15.8. The van der Waals surface area contributed by atoms with Gasteiger partial charge in [0.1, 0.15) is 6.10 Å². The first-order valence-corrected chi connectivity index (χ1v) is 6.09. The molecule has 1 N–H and O–H groups in total. The van der Waals surface area contributed by atoms with Crippen LogP contribution in [0, 0.1) is 5.41 Å². The van der Waals surface area contributed by atoms with Crippen molar-refractivity contribution in [1.82, 2.24) is 0 Å². The van der Waals surface area contributed by atoms with E-state index in [1.54, 1.807) is 0 Å². The van der Waals surface area contributed by atoms with E-state index in [9.17, 15) is 44.6 Å². The van der Waals surface area contributed by atoms with Gasteiger partial charge in [-0.3, -0.25) is 0 Å². The van der Waals surface area contributed by atoms with Crippen LogP contribution in [0.3, 0.4) is 0 Å². The van der Waals surface area contributed by atoms with E-state index in [4.69, 9.17) is 0 Å². The molecule has 0 aliphatic heterocycles. The fourth-order valence-electron chi connectivity index (χ4n) is 1.87. The molecule has 0 bridgehead atoms. The number of aliphatic hydroxyl groups excluding tert-OH is 1. The van der Waals surface area contributed by atoms with Gasteiger partial charge in [-0.2, -0.15) is 39.5 Å². The summed E-state index contributed by atoms with van der Waals surface area (Å²) in [6, 6.07) is 3.14. The highest BCUT2D eigenvalue weighted by Gasteiger charge is 2.86. The third-order valence-corrected chi connectivity index (χ3v) is 3.41. The number of alkyl halides is 9. The van der Waals surface area contributed by atoms with Crippen LogP contribution in [0.4, 0.5) is 39.5 Å². The summed E-state index contributed by atoms with van der Waals surface area (Å²) in [5, 5.41) is 9.38. The second-order valence-corrected chi connectivity index (χ2v) is 5.17. The highest BCUT2D eigenvalue weighted by Crippen LogP contribution is 2.65. The molecule has 1 unspecified atom stereocenters. The minimum Gasteiger partial charge on any atom is -0.387 e. The zero-order chi connectivity index (χ0) is 17.6. The van der Waals surface area contributed by atoms with Gasteiger partial charge in [0.2, 0.25) is 0 Å². The molecule has 1 aromatic rings. The highest BCUT2D eigenvalue weighted by atomic mass is 79.9. The predicted molar refractivity (Wildman–Crippen MR) is 59.7 cm³/mol. The van der Waals surface area contributed by atoms with Crippen molar-refractivity contribution >= 4 is 15.9 Å². The quantitative estimate of drug-likeness (QED) is 0.675. The van der Waals surface area contributed by atoms with Gasteiger partial charge in [-0.1, -0.05) is 28.1 Å². The first kappa shape index (κ1) is 19.1. The third-order valence-electron chi connectivity index (χ3n) is 2.92. The lowest BCUT2D eigenvalue weighted by atomic mass is 9.76. The van der Waals surface area contributed by atoms with Gasteiger partial charge in [0, 0.05) is 4.47 Å². The van der Waals surface area contributed by atoms with Crippen molar-refractivity contribution in [3.8, 4) is 0 Å². The van der Waals surface area contributed by atoms with E-state index >= 15 is 0 Å². The van der Waals surface area contributed by atoms with Gasteiger partial charge in [-0.05, 0) is 17.7 Å².